The predicted molar refractivity (Wildman–Crippen MR) is 81.3 cm³/mol. The number of ether oxygens (including phenoxy) is 1. The molecule has 0 bridgehead atoms. The van der Waals surface area contributed by atoms with Gasteiger partial charge in [0.15, 0.2) is 0 Å². The Morgan fingerprint density at radius 1 is 1.45 bits per heavy atom. The van der Waals surface area contributed by atoms with E-state index in [2.05, 4.69) is 17.1 Å². The maximum Gasteiger partial charge on any atom is 0.339 e. The largest absolute Gasteiger partial charge is 0.465 e. The van der Waals surface area contributed by atoms with Crippen molar-refractivity contribution in [3.63, 3.8) is 0 Å². The highest BCUT2D eigenvalue weighted by Gasteiger charge is 2.22. The molecule has 2 rings (SSSR count). The van der Waals surface area contributed by atoms with Crippen LogP contribution in [0.2, 0.25) is 0 Å². The van der Waals surface area contributed by atoms with E-state index in [0.717, 1.165) is 25.3 Å². The zero-order valence-electron chi connectivity index (χ0n) is 12.4. The van der Waals surface area contributed by atoms with Gasteiger partial charge < -0.3 is 15.0 Å². The van der Waals surface area contributed by atoms with Gasteiger partial charge in [0.1, 0.15) is 0 Å². The second-order valence-electron chi connectivity index (χ2n) is 5.25. The van der Waals surface area contributed by atoms with Crippen LogP contribution in [0.3, 0.4) is 0 Å². The Kier molecular flexibility index (Phi) is 5.41. The van der Waals surface area contributed by atoms with Gasteiger partial charge in [0.25, 0.3) is 0 Å². The van der Waals surface area contributed by atoms with Crippen molar-refractivity contribution in [3.05, 3.63) is 29.8 Å². The number of carbonyl (C=O) groups is 1. The Labute approximate surface area is 121 Å². The van der Waals surface area contributed by atoms with Gasteiger partial charge in [-0.3, -0.25) is 0 Å². The highest BCUT2D eigenvalue weighted by atomic mass is 16.5. The van der Waals surface area contributed by atoms with Crippen LogP contribution in [0.5, 0.6) is 0 Å². The average molecular weight is 276 g/mol. The van der Waals surface area contributed by atoms with E-state index in [1.165, 1.54) is 26.4 Å². The van der Waals surface area contributed by atoms with Crippen molar-refractivity contribution in [2.75, 3.05) is 31.6 Å². The highest BCUT2D eigenvalue weighted by Crippen LogP contribution is 2.23. The summed E-state index contributed by atoms with van der Waals surface area (Å²) in [6.45, 7) is 5.06. The molecule has 1 unspecified atom stereocenters. The summed E-state index contributed by atoms with van der Waals surface area (Å²) in [6.07, 6.45) is 3.65. The molecule has 1 aromatic carbocycles. The Morgan fingerprint density at radius 2 is 2.25 bits per heavy atom. The fourth-order valence-corrected chi connectivity index (χ4v) is 2.72. The molecular weight excluding hydrogens is 252 g/mol. The van der Waals surface area contributed by atoms with Gasteiger partial charge in [0.05, 0.1) is 18.4 Å². The second-order valence-corrected chi connectivity index (χ2v) is 5.25. The smallest absolute Gasteiger partial charge is 0.339 e. The molecule has 0 saturated carbocycles. The first-order chi connectivity index (χ1) is 9.76. The summed E-state index contributed by atoms with van der Waals surface area (Å²) < 4.78 is 4.88. The van der Waals surface area contributed by atoms with Crippen molar-refractivity contribution in [1.82, 2.24) is 5.32 Å². The maximum absolute atomic E-state index is 11.9. The van der Waals surface area contributed by atoms with Crippen LogP contribution in [0, 0.1) is 0 Å². The molecule has 0 aliphatic carbocycles. The third kappa shape index (κ3) is 3.51. The third-order valence-electron chi connectivity index (χ3n) is 3.81. The van der Waals surface area contributed by atoms with Gasteiger partial charge in [-0.1, -0.05) is 31.9 Å². The summed E-state index contributed by atoms with van der Waals surface area (Å²) in [6, 6.07) is 8.21. The van der Waals surface area contributed by atoms with Crippen molar-refractivity contribution in [2.45, 2.75) is 32.2 Å². The monoisotopic (exact) mass is 276 g/mol. The zero-order chi connectivity index (χ0) is 14.4. The standard InChI is InChI=1S/C16H24N2O2/c1-3-4-7-13-12-18(11-10-17-13)15-9-6-5-8-14(15)16(19)20-2/h5-6,8-9,13,17H,3-4,7,10-12H2,1-2H3. The number of para-hydroxylation sites is 1. The molecule has 1 fully saturated rings. The molecule has 0 aromatic heterocycles. The fourth-order valence-electron chi connectivity index (χ4n) is 2.72. The van der Waals surface area contributed by atoms with E-state index in [0.29, 0.717) is 11.6 Å². The molecule has 0 spiro atoms. The molecule has 4 heteroatoms. The van der Waals surface area contributed by atoms with Crippen LogP contribution in [0.4, 0.5) is 5.69 Å². The van der Waals surface area contributed by atoms with E-state index in [4.69, 9.17) is 4.74 Å². The lowest BCUT2D eigenvalue weighted by molar-refractivity contribution is 0.0601. The number of nitrogens with zero attached hydrogens (tertiary/aromatic N) is 1. The number of anilines is 1. The molecule has 1 N–H and O–H groups in total. The number of nitrogens with one attached hydrogen (secondary N) is 1. The summed E-state index contributed by atoms with van der Waals surface area (Å²) in [5.41, 5.74) is 1.65. The number of hydrogen-bond acceptors (Lipinski definition) is 4. The van der Waals surface area contributed by atoms with Crippen molar-refractivity contribution in [3.8, 4) is 0 Å². The molecule has 1 aromatic rings. The fraction of sp³-hybridized carbons (Fsp3) is 0.562. The molecule has 1 aliphatic rings. The van der Waals surface area contributed by atoms with Crippen LogP contribution in [-0.4, -0.2) is 38.8 Å². The van der Waals surface area contributed by atoms with E-state index < -0.39 is 0 Å². The number of rotatable bonds is 5. The SMILES string of the molecule is CCCCC1CN(c2ccccc2C(=O)OC)CCN1. The molecule has 1 heterocycles. The lowest BCUT2D eigenvalue weighted by atomic mass is 10.1. The average Bonchev–Trinajstić information content (AvgIpc) is 2.52. The Morgan fingerprint density at radius 3 is 3.00 bits per heavy atom. The first-order valence-corrected chi connectivity index (χ1v) is 7.42. The first-order valence-electron chi connectivity index (χ1n) is 7.42. The number of benzene rings is 1. The van der Waals surface area contributed by atoms with Crippen LogP contribution in [-0.2, 0) is 4.74 Å². The lowest BCUT2D eigenvalue weighted by Crippen LogP contribution is -2.51. The molecular formula is C16H24N2O2. The van der Waals surface area contributed by atoms with E-state index >= 15 is 0 Å². The van der Waals surface area contributed by atoms with Crippen LogP contribution in [0.1, 0.15) is 36.5 Å². The van der Waals surface area contributed by atoms with Crippen molar-refractivity contribution >= 4 is 11.7 Å². The zero-order valence-corrected chi connectivity index (χ0v) is 12.4. The van der Waals surface area contributed by atoms with Crippen molar-refractivity contribution < 1.29 is 9.53 Å². The molecule has 110 valence electrons. The molecule has 1 saturated heterocycles. The van der Waals surface area contributed by atoms with Gasteiger partial charge in [-0.2, -0.15) is 0 Å². The third-order valence-corrected chi connectivity index (χ3v) is 3.81. The topological polar surface area (TPSA) is 41.6 Å². The molecule has 1 aliphatic heterocycles. The van der Waals surface area contributed by atoms with E-state index in [1.54, 1.807) is 0 Å². The Bertz CT molecular complexity index is 448. The summed E-state index contributed by atoms with van der Waals surface area (Å²) in [7, 11) is 1.43. The predicted octanol–water partition coefficient (Wildman–Crippen LogP) is 2.44. The normalized spacial score (nSPS) is 18.9. The minimum Gasteiger partial charge on any atom is -0.465 e. The highest BCUT2D eigenvalue weighted by molar-refractivity contribution is 5.95. The van der Waals surface area contributed by atoms with Gasteiger partial charge in [-0.25, -0.2) is 4.79 Å². The maximum atomic E-state index is 11.9. The molecule has 0 amide bonds. The van der Waals surface area contributed by atoms with Gasteiger partial charge in [0.2, 0.25) is 0 Å². The van der Waals surface area contributed by atoms with Gasteiger partial charge >= 0.3 is 5.97 Å². The van der Waals surface area contributed by atoms with Crippen molar-refractivity contribution in [2.24, 2.45) is 0 Å². The Hall–Kier alpha value is -1.55. The van der Waals surface area contributed by atoms with E-state index in [-0.39, 0.29) is 5.97 Å². The number of hydrogen-bond donors (Lipinski definition) is 1. The van der Waals surface area contributed by atoms with E-state index in [1.807, 2.05) is 24.3 Å². The van der Waals surface area contributed by atoms with Gasteiger partial charge in [-0.05, 0) is 18.6 Å². The molecule has 20 heavy (non-hydrogen) atoms. The number of carbonyl (C=O) groups excluding carboxylic acids is 1. The summed E-state index contributed by atoms with van der Waals surface area (Å²) >= 11 is 0. The molecule has 1 atom stereocenters. The molecule has 0 radical (unpaired) electrons. The van der Waals surface area contributed by atoms with Crippen LogP contribution in [0.15, 0.2) is 24.3 Å². The number of esters is 1. The number of unbranched alkanes of at least 4 members (excludes halogenated alkanes) is 1. The van der Waals surface area contributed by atoms with Gasteiger partial charge in [0, 0.05) is 25.7 Å². The van der Waals surface area contributed by atoms with Crippen molar-refractivity contribution in [1.29, 1.82) is 0 Å². The van der Waals surface area contributed by atoms with Crippen LogP contribution in [0.25, 0.3) is 0 Å². The lowest BCUT2D eigenvalue weighted by Gasteiger charge is -2.36. The minimum absolute atomic E-state index is 0.260. The summed E-state index contributed by atoms with van der Waals surface area (Å²) in [4.78, 5) is 14.2. The molecule has 4 nitrogen and oxygen atoms in total. The second kappa shape index (κ2) is 7.29. The summed E-state index contributed by atoms with van der Waals surface area (Å²) in [5, 5.41) is 3.56. The first kappa shape index (κ1) is 14.9. The number of piperazine rings is 1. The quantitative estimate of drug-likeness (QED) is 0.839. The summed E-state index contributed by atoms with van der Waals surface area (Å²) in [5.74, 6) is -0.260. The minimum atomic E-state index is -0.260. The van der Waals surface area contributed by atoms with Crippen LogP contribution >= 0.6 is 0 Å². The number of methoxy groups -OCH3 is 1. The Balaban J connectivity index is 2.12. The van der Waals surface area contributed by atoms with Gasteiger partial charge in [-0.15, -0.1) is 0 Å². The van der Waals surface area contributed by atoms with Crippen LogP contribution < -0.4 is 10.2 Å². The van der Waals surface area contributed by atoms with E-state index in [9.17, 15) is 4.79 Å².